The van der Waals surface area contributed by atoms with Crippen LogP contribution in [0.1, 0.15) is 19.5 Å². The molecule has 0 unspecified atom stereocenters. The van der Waals surface area contributed by atoms with Gasteiger partial charge < -0.3 is 16.0 Å². The van der Waals surface area contributed by atoms with Crippen LogP contribution in [-0.4, -0.2) is 42.0 Å². The average molecular weight is 332 g/mol. The first-order chi connectivity index (χ1) is 11.1. The second-order valence-electron chi connectivity index (χ2n) is 5.32. The van der Waals surface area contributed by atoms with Gasteiger partial charge in [0.2, 0.25) is 5.91 Å². The molecule has 6 heteroatoms. The molecule has 23 heavy (non-hydrogen) atoms. The first kappa shape index (κ1) is 17.4. The van der Waals surface area contributed by atoms with Crippen LogP contribution in [0.25, 0.3) is 10.6 Å². The van der Waals surface area contributed by atoms with Crippen LogP contribution in [0.15, 0.2) is 29.6 Å². The van der Waals surface area contributed by atoms with Crippen molar-refractivity contribution in [1.29, 1.82) is 0 Å². The van der Waals surface area contributed by atoms with Gasteiger partial charge in [-0.3, -0.25) is 4.79 Å². The minimum Gasteiger partial charge on any atom is -0.399 e. The van der Waals surface area contributed by atoms with E-state index in [1.54, 1.807) is 0 Å². The molecule has 2 rings (SSSR count). The predicted molar refractivity (Wildman–Crippen MR) is 96.5 cm³/mol. The first-order valence-corrected chi connectivity index (χ1v) is 8.79. The van der Waals surface area contributed by atoms with Crippen molar-refractivity contribution >= 4 is 22.9 Å². The van der Waals surface area contributed by atoms with Gasteiger partial charge >= 0.3 is 0 Å². The van der Waals surface area contributed by atoms with Gasteiger partial charge in [0.1, 0.15) is 5.01 Å². The van der Waals surface area contributed by atoms with E-state index in [-0.39, 0.29) is 5.91 Å². The predicted octanol–water partition coefficient (Wildman–Crippen LogP) is 2.39. The van der Waals surface area contributed by atoms with Gasteiger partial charge in [-0.05, 0) is 25.2 Å². The van der Waals surface area contributed by atoms with Crippen molar-refractivity contribution < 1.29 is 4.79 Å². The quantitative estimate of drug-likeness (QED) is 0.728. The highest BCUT2D eigenvalue weighted by Crippen LogP contribution is 2.25. The Morgan fingerprint density at radius 3 is 2.83 bits per heavy atom. The van der Waals surface area contributed by atoms with Crippen molar-refractivity contribution in [3.8, 4) is 10.6 Å². The fourth-order valence-electron chi connectivity index (χ4n) is 2.31. The zero-order chi connectivity index (χ0) is 16.7. The van der Waals surface area contributed by atoms with Gasteiger partial charge in [-0.25, -0.2) is 4.98 Å². The Morgan fingerprint density at radius 2 is 2.13 bits per heavy atom. The maximum atomic E-state index is 12.0. The number of likely N-dealkylation sites (N-methyl/N-ethyl adjacent to an activating group) is 1. The third-order valence-electron chi connectivity index (χ3n) is 3.67. The number of nitrogens with one attached hydrogen (secondary N) is 1. The number of nitrogens with zero attached hydrogens (tertiary/aromatic N) is 2. The summed E-state index contributed by atoms with van der Waals surface area (Å²) in [5.41, 5.74) is 8.30. The molecule has 0 bridgehead atoms. The normalized spacial score (nSPS) is 10.9. The minimum absolute atomic E-state index is 0.0154. The summed E-state index contributed by atoms with van der Waals surface area (Å²) in [5, 5.41) is 5.78. The largest absolute Gasteiger partial charge is 0.399 e. The Balaban J connectivity index is 1.85. The number of nitrogen functional groups attached to an aromatic ring is 1. The number of thiazole rings is 1. The van der Waals surface area contributed by atoms with E-state index in [1.807, 2.05) is 29.6 Å². The van der Waals surface area contributed by atoms with E-state index in [0.29, 0.717) is 18.7 Å². The number of carbonyl (C=O) groups is 1. The number of anilines is 1. The van der Waals surface area contributed by atoms with Crippen LogP contribution in [0, 0.1) is 0 Å². The Bertz CT molecular complexity index is 637. The highest BCUT2D eigenvalue weighted by molar-refractivity contribution is 7.13. The molecule has 1 aromatic heterocycles. The van der Waals surface area contributed by atoms with E-state index in [0.717, 1.165) is 35.9 Å². The molecule has 0 aliphatic rings. The number of aromatic nitrogens is 1. The number of amides is 1. The fraction of sp³-hybridized carbons (Fsp3) is 0.412. The van der Waals surface area contributed by atoms with E-state index in [2.05, 4.69) is 29.0 Å². The van der Waals surface area contributed by atoms with Crippen molar-refractivity contribution in [3.05, 3.63) is 35.3 Å². The van der Waals surface area contributed by atoms with Crippen molar-refractivity contribution in [2.24, 2.45) is 0 Å². The molecule has 0 aliphatic carbocycles. The lowest BCUT2D eigenvalue weighted by atomic mass is 10.2. The Morgan fingerprint density at radius 1 is 1.35 bits per heavy atom. The van der Waals surface area contributed by atoms with Gasteiger partial charge in [0.15, 0.2) is 0 Å². The molecular weight excluding hydrogens is 308 g/mol. The highest BCUT2D eigenvalue weighted by Gasteiger charge is 2.09. The maximum Gasteiger partial charge on any atom is 0.226 e. The van der Waals surface area contributed by atoms with Crippen LogP contribution < -0.4 is 11.1 Å². The molecule has 2 aromatic rings. The van der Waals surface area contributed by atoms with Crippen LogP contribution in [-0.2, 0) is 11.2 Å². The molecule has 0 atom stereocenters. The zero-order valence-corrected chi connectivity index (χ0v) is 14.5. The summed E-state index contributed by atoms with van der Waals surface area (Å²) in [6.07, 6.45) is 0.317. The molecule has 3 N–H and O–H groups in total. The number of carbonyl (C=O) groups excluding carboxylic acids is 1. The lowest BCUT2D eigenvalue weighted by molar-refractivity contribution is -0.120. The Kier molecular flexibility index (Phi) is 6.55. The minimum atomic E-state index is 0.0154. The van der Waals surface area contributed by atoms with Crippen molar-refractivity contribution in [3.63, 3.8) is 0 Å². The van der Waals surface area contributed by atoms with Gasteiger partial charge in [0.25, 0.3) is 0 Å². The van der Waals surface area contributed by atoms with Crippen LogP contribution in [0.5, 0.6) is 0 Å². The zero-order valence-electron chi connectivity index (χ0n) is 13.7. The smallest absolute Gasteiger partial charge is 0.226 e. The molecule has 0 radical (unpaired) electrons. The molecule has 0 aliphatic heterocycles. The average Bonchev–Trinajstić information content (AvgIpc) is 3.00. The summed E-state index contributed by atoms with van der Waals surface area (Å²) in [6.45, 7) is 7.80. The fourth-order valence-corrected chi connectivity index (χ4v) is 3.13. The van der Waals surface area contributed by atoms with Gasteiger partial charge in [-0.15, -0.1) is 11.3 Å². The number of hydrogen-bond acceptors (Lipinski definition) is 5. The standard InChI is InChI=1S/C17H24N4OS/c1-3-21(4-2)9-8-19-16(22)11-15-12-23-17(20-15)13-6-5-7-14(18)10-13/h5-7,10,12H,3-4,8-9,11,18H2,1-2H3,(H,19,22). The van der Waals surface area contributed by atoms with Gasteiger partial charge in [0.05, 0.1) is 12.1 Å². The molecular formula is C17H24N4OS. The van der Waals surface area contributed by atoms with E-state index in [4.69, 9.17) is 5.73 Å². The lowest BCUT2D eigenvalue weighted by Crippen LogP contribution is -2.35. The van der Waals surface area contributed by atoms with Crippen LogP contribution in [0.3, 0.4) is 0 Å². The van der Waals surface area contributed by atoms with E-state index < -0.39 is 0 Å². The number of rotatable bonds is 8. The lowest BCUT2D eigenvalue weighted by Gasteiger charge is -2.17. The van der Waals surface area contributed by atoms with Crippen LogP contribution in [0.4, 0.5) is 5.69 Å². The van der Waals surface area contributed by atoms with Crippen molar-refractivity contribution in [2.45, 2.75) is 20.3 Å². The summed E-state index contributed by atoms with van der Waals surface area (Å²) >= 11 is 1.53. The molecule has 0 saturated heterocycles. The molecule has 124 valence electrons. The number of nitrogens with two attached hydrogens (primary N) is 1. The first-order valence-electron chi connectivity index (χ1n) is 7.91. The summed E-state index contributed by atoms with van der Waals surface area (Å²) < 4.78 is 0. The molecule has 1 amide bonds. The molecule has 1 aromatic carbocycles. The second-order valence-corrected chi connectivity index (χ2v) is 6.18. The summed E-state index contributed by atoms with van der Waals surface area (Å²) in [4.78, 5) is 18.8. The summed E-state index contributed by atoms with van der Waals surface area (Å²) in [6, 6.07) is 7.63. The van der Waals surface area contributed by atoms with Crippen molar-refractivity contribution in [2.75, 3.05) is 31.9 Å². The topological polar surface area (TPSA) is 71.2 Å². The molecule has 0 fully saturated rings. The highest BCUT2D eigenvalue weighted by atomic mass is 32.1. The van der Waals surface area contributed by atoms with Gasteiger partial charge in [-0.1, -0.05) is 26.0 Å². The molecule has 5 nitrogen and oxygen atoms in total. The SMILES string of the molecule is CCN(CC)CCNC(=O)Cc1csc(-c2cccc(N)c2)n1. The Labute approximate surface area is 141 Å². The summed E-state index contributed by atoms with van der Waals surface area (Å²) in [7, 11) is 0. The third-order valence-corrected chi connectivity index (χ3v) is 4.61. The summed E-state index contributed by atoms with van der Waals surface area (Å²) in [5.74, 6) is 0.0154. The van der Waals surface area contributed by atoms with E-state index in [9.17, 15) is 4.79 Å². The van der Waals surface area contributed by atoms with E-state index >= 15 is 0 Å². The number of benzene rings is 1. The van der Waals surface area contributed by atoms with E-state index in [1.165, 1.54) is 11.3 Å². The third kappa shape index (κ3) is 5.33. The monoisotopic (exact) mass is 332 g/mol. The number of hydrogen-bond donors (Lipinski definition) is 2. The molecule has 0 saturated carbocycles. The molecule has 1 heterocycles. The van der Waals surface area contributed by atoms with Crippen molar-refractivity contribution in [1.82, 2.24) is 15.2 Å². The Hall–Kier alpha value is -1.92. The maximum absolute atomic E-state index is 12.0. The van der Waals surface area contributed by atoms with Gasteiger partial charge in [-0.2, -0.15) is 0 Å². The second kappa shape index (κ2) is 8.64. The van der Waals surface area contributed by atoms with Crippen LogP contribution >= 0.6 is 11.3 Å². The van der Waals surface area contributed by atoms with Gasteiger partial charge in [0, 0.05) is 29.7 Å². The van der Waals surface area contributed by atoms with Crippen LogP contribution in [0.2, 0.25) is 0 Å². The molecule has 0 spiro atoms.